The monoisotopic (exact) mass is 478 g/mol. The molecule has 2 aromatic carbocycles. The number of hydrogen-bond donors (Lipinski definition) is 2. The van der Waals surface area contributed by atoms with Crippen LogP contribution < -0.4 is 20.5 Å². The number of aryl methyl sites for hydroxylation is 2. The summed E-state index contributed by atoms with van der Waals surface area (Å²) in [4.78, 5) is 26.2. The second kappa shape index (κ2) is 9.95. The van der Waals surface area contributed by atoms with Crippen molar-refractivity contribution in [3.05, 3.63) is 47.3 Å². The van der Waals surface area contributed by atoms with E-state index in [0.29, 0.717) is 35.2 Å². The first-order valence-electron chi connectivity index (χ1n) is 11.8. The van der Waals surface area contributed by atoms with Crippen molar-refractivity contribution in [3.63, 3.8) is 0 Å². The lowest BCUT2D eigenvalue weighted by Crippen LogP contribution is -2.53. The lowest BCUT2D eigenvalue weighted by molar-refractivity contribution is 0.0886. The zero-order valence-electron chi connectivity index (χ0n) is 21.3. The Bertz CT molecular complexity index is 1230. The predicted molar refractivity (Wildman–Crippen MR) is 138 cm³/mol. The Hall–Kier alpha value is -3.59. The maximum absolute atomic E-state index is 13.0. The molecule has 0 aliphatic carbocycles. The Balaban J connectivity index is 1.67. The molecule has 0 spiro atoms. The van der Waals surface area contributed by atoms with Crippen molar-refractivity contribution in [2.75, 3.05) is 44.8 Å². The summed E-state index contributed by atoms with van der Waals surface area (Å²) >= 11 is 0. The van der Waals surface area contributed by atoms with Gasteiger partial charge in [0.1, 0.15) is 11.6 Å². The first-order chi connectivity index (χ1) is 16.6. The SMILES string of the molecule is COc1cc2nc(C)nc(N[C@H](C)c3cc(C)cc(N)c3)c2cc1OC(=O)N1CCN(C)C[C@H]1C. The van der Waals surface area contributed by atoms with E-state index < -0.39 is 6.09 Å². The van der Waals surface area contributed by atoms with Gasteiger partial charge < -0.3 is 30.3 Å². The van der Waals surface area contributed by atoms with Gasteiger partial charge in [0.2, 0.25) is 0 Å². The molecule has 3 N–H and O–H groups in total. The standard InChI is InChI=1S/C26H34N6O3/c1-15-9-19(11-20(27)10-15)17(3)28-25-21-12-24(23(34-6)13-22(21)29-18(4)30-25)35-26(33)32-8-7-31(5)14-16(32)2/h9-13,16-17H,7-8,14,27H2,1-6H3,(H,28,29,30)/t16-,17-/m1/s1. The molecule has 1 saturated heterocycles. The molecule has 186 valence electrons. The maximum atomic E-state index is 13.0. The lowest BCUT2D eigenvalue weighted by atomic mass is 10.0. The average Bonchev–Trinajstić information content (AvgIpc) is 2.78. The van der Waals surface area contributed by atoms with Crippen LogP contribution in [0.2, 0.25) is 0 Å². The van der Waals surface area contributed by atoms with E-state index >= 15 is 0 Å². The molecule has 2 atom stereocenters. The van der Waals surface area contributed by atoms with Gasteiger partial charge in [0.25, 0.3) is 0 Å². The van der Waals surface area contributed by atoms with Crippen molar-refractivity contribution in [1.29, 1.82) is 0 Å². The fourth-order valence-electron chi connectivity index (χ4n) is 4.55. The van der Waals surface area contributed by atoms with Crippen molar-refractivity contribution in [2.24, 2.45) is 0 Å². The van der Waals surface area contributed by atoms with E-state index in [0.717, 1.165) is 35.3 Å². The number of hydrogen-bond acceptors (Lipinski definition) is 8. The summed E-state index contributed by atoms with van der Waals surface area (Å²) in [5.41, 5.74) is 9.62. The molecule has 4 rings (SSSR count). The van der Waals surface area contributed by atoms with Crippen LogP contribution in [0.5, 0.6) is 11.5 Å². The van der Waals surface area contributed by atoms with Gasteiger partial charge in [-0.1, -0.05) is 6.07 Å². The number of methoxy groups -OCH3 is 1. The number of anilines is 2. The molecule has 0 unspecified atom stereocenters. The Morgan fingerprint density at radius 1 is 1.14 bits per heavy atom. The largest absolute Gasteiger partial charge is 0.493 e. The fraction of sp³-hybridized carbons (Fsp3) is 0.423. The molecular formula is C26H34N6O3. The molecule has 0 bridgehead atoms. The Morgan fingerprint density at radius 3 is 2.60 bits per heavy atom. The van der Waals surface area contributed by atoms with Gasteiger partial charge in [0.15, 0.2) is 11.5 Å². The number of nitrogen functional groups attached to an aromatic ring is 1. The second-order valence-electron chi connectivity index (χ2n) is 9.36. The minimum Gasteiger partial charge on any atom is -0.493 e. The van der Waals surface area contributed by atoms with E-state index in [9.17, 15) is 4.79 Å². The summed E-state index contributed by atoms with van der Waals surface area (Å²) in [6.45, 7) is 10.1. The van der Waals surface area contributed by atoms with Crippen LogP contribution in [-0.2, 0) is 0 Å². The summed E-state index contributed by atoms with van der Waals surface area (Å²) < 4.78 is 11.4. The first-order valence-corrected chi connectivity index (χ1v) is 11.8. The van der Waals surface area contributed by atoms with Gasteiger partial charge in [-0.3, -0.25) is 0 Å². The maximum Gasteiger partial charge on any atom is 0.415 e. The van der Waals surface area contributed by atoms with Crippen molar-refractivity contribution in [1.82, 2.24) is 19.8 Å². The Kier molecular flexibility index (Phi) is 6.98. The van der Waals surface area contributed by atoms with E-state index in [4.69, 9.17) is 15.2 Å². The number of likely N-dealkylation sites (N-methyl/N-ethyl adjacent to an activating group) is 1. The van der Waals surface area contributed by atoms with Gasteiger partial charge in [-0.05, 0) is 64.1 Å². The molecule has 9 heteroatoms. The molecule has 1 amide bonds. The predicted octanol–water partition coefficient (Wildman–Crippen LogP) is 4.15. The minimum absolute atomic E-state index is 0.0542. The van der Waals surface area contributed by atoms with Crippen LogP contribution in [0.1, 0.15) is 36.8 Å². The second-order valence-corrected chi connectivity index (χ2v) is 9.36. The number of rotatable bonds is 5. The van der Waals surface area contributed by atoms with Gasteiger partial charge in [0.05, 0.1) is 18.7 Å². The number of carbonyl (C=O) groups excluding carboxylic acids is 1. The van der Waals surface area contributed by atoms with Crippen molar-refractivity contribution < 1.29 is 14.3 Å². The van der Waals surface area contributed by atoms with Crippen LogP contribution in [0.25, 0.3) is 10.9 Å². The zero-order chi connectivity index (χ0) is 25.3. The van der Waals surface area contributed by atoms with Crippen molar-refractivity contribution in [3.8, 4) is 11.5 Å². The number of nitrogens with one attached hydrogen (secondary N) is 1. The van der Waals surface area contributed by atoms with Gasteiger partial charge in [-0.25, -0.2) is 14.8 Å². The lowest BCUT2D eigenvalue weighted by Gasteiger charge is -2.37. The topological polar surface area (TPSA) is 106 Å². The molecule has 1 fully saturated rings. The average molecular weight is 479 g/mol. The molecular weight excluding hydrogens is 444 g/mol. The first kappa shape index (κ1) is 24.5. The number of amides is 1. The quantitative estimate of drug-likeness (QED) is 0.527. The van der Waals surface area contributed by atoms with Gasteiger partial charge in [0, 0.05) is 42.8 Å². The molecule has 35 heavy (non-hydrogen) atoms. The summed E-state index contributed by atoms with van der Waals surface area (Å²) in [5, 5.41) is 4.22. The fourth-order valence-corrected chi connectivity index (χ4v) is 4.55. The van der Waals surface area contributed by atoms with Crippen LogP contribution in [0.3, 0.4) is 0 Å². The van der Waals surface area contributed by atoms with E-state index in [-0.39, 0.29) is 12.1 Å². The molecule has 1 aliphatic heterocycles. The van der Waals surface area contributed by atoms with Crippen LogP contribution in [0, 0.1) is 13.8 Å². The third-order valence-electron chi connectivity index (χ3n) is 6.33. The number of aromatic nitrogens is 2. The smallest absolute Gasteiger partial charge is 0.415 e. The number of piperazine rings is 1. The Morgan fingerprint density at radius 2 is 1.91 bits per heavy atom. The van der Waals surface area contributed by atoms with Crippen molar-refractivity contribution in [2.45, 2.75) is 39.8 Å². The Labute approximate surface area is 206 Å². The van der Waals surface area contributed by atoms with Crippen LogP contribution in [0.4, 0.5) is 16.3 Å². The minimum atomic E-state index is -0.394. The van der Waals surface area contributed by atoms with Crippen LogP contribution in [-0.4, -0.2) is 65.7 Å². The van der Waals surface area contributed by atoms with Crippen LogP contribution in [0.15, 0.2) is 30.3 Å². The summed E-state index contributed by atoms with van der Waals surface area (Å²) in [6, 6.07) is 9.53. The summed E-state index contributed by atoms with van der Waals surface area (Å²) in [6.07, 6.45) is -0.394. The molecule has 1 aromatic heterocycles. The highest BCUT2D eigenvalue weighted by Gasteiger charge is 2.28. The molecule has 2 heterocycles. The van der Waals surface area contributed by atoms with E-state index in [2.05, 4.69) is 33.2 Å². The normalized spacial score (nSPS) is 17.3. The number of benzene rings is 2. The molecule has 1 aliphatic rings. The highest BCUT2D eigenvalue weighted by molar-refractivity contribution is 5.92. The highest BCUT2D eigenvalue weighted by Crippen LogP contribution is 2.36. The van der Waals surface area contributed by atoms with E-state index in [1.54, 1.807) is 24.1 Å². The van der Waals surface area contributed by atoms with E-state index in [1.807, 2.05) is 40.0 Å². The van der Waals surface area contributed by atoms with Gasteiger partial charge >= 0.3 is 6.09 Å². The van der Waals surface area contributed by atoms with Gasteiger partial charge in [-0.2, -0.15) is 0 Å². The number of nitrogens with two attached hydrogens (primary N) is 1. The summed E-state index contributed by atoms with van der Waals surface area (Å²) in [7, 11) is 3.60. The summed E-state index contributed by atoms with van der Waals surface area (Å²) in [5.74, 6) is 2.04. The number of ether oxygens (including phenoxy) is 2. The number of carbonyl (C=O) groups is 1. The molecule has 9 nitrogen and oxygen atoms in total. The molecule has 0 saturated carbocycles. The number of fused-ring (bicyclic) bond motifs is 1. The zero-order valence-corrected chi connectivity index (χ0v) is 21.3. The van der Waals surface area contributed by atoms with Gasteiger partial charge in [-0.15, -0.1) is 0 Å². The number of nitrogens with zero attached hydrogens (tertiary/aromatic N) is 4. The third-order valence-corrected chi connectivity index (χ3v) is 6.33. The van der Waals surface area contributed by atoms with E-state index in [1.165, 1.54) is 0 Å². The molecule has 3 aromatic rings. The van der Waals surface area contributed by atoms with Crippen LogP contribution >= 0.6 is 0 Å². The highest BCUT2D eigenvalue weighted by atomic mass is 16.6. The third kappa shape index (κ3) is 5.40. The molecule has 0 radical (unpaired) electrons. The van der Waals surface area contributed by atoms with Crippen molar-refractivity contribution >= 4 is 28.5 Å².